The Labute approximate surface area is 129 Å². The second-order valence-electron chi connectivity index (χ2n) is 6.15. The van der Waals surface area contributed by atoms with Crippen molar-refractivity contribution in [1.29, 1.82) is 0 Å². The summed E-state index contributed by atoms with van der Waals surface area (Å²) < 4.78 is 5.35. The number of hydrogen-bond donors (Lipinski definition) is 2. The molecule has 124 valence electrons. The first kappa shape index (κ1) is 19.5. The van der Waals surface area contributed by atoms with Crippen LogP contribution in [-0.4, -0.2) is 55.8 Å². The Morgan fingerprint density at radius 2 is 1.86 bits per heavy atom. The molecule has 0 saturated carbocycles. The molecule has 0 fully saturated rings. The van der Waals surface area contributed by atoms with Crippen LogP contribution < -0.4 is 10.6 Å². The minimum absolute atomic E-state index is 0.0941. The maximum Gasteiger partial charge on any atom is 0.410 e. The van der Waals surface area contributed by atoms with Crippen LogP contribution in [0.3, 0.4) is 0 Å². The minimum atomic E-state index is -0.463. The number of hydrogen-bond acceptors (Lipinski definition) is 3. The van der Waals surface area contributed by atoms with E-state index in [1.165, 1.54) is 0 Å². The first-order chi connectivity index (χ1) is 9.71. The van der Waals surface area contributed by atoms with Crippen LogP contribution in [-0.2, 0) is 4.74 Å². The Bertz CT molecular complexity index is 337. The molecule has 6 nitrogen and oxygen atoms in total. The first-order valence-corrected chi connectivity index (χ1v) is 7.61. The molecule has 0 bridgehead atoms. The summed E-state index contributed by atoms with van der Waals surface area (Å²) in [7, 11) is 3.52. The Morgan fingerprint density at radius 3 is 2.33 bits per heavy atom. The molecule has 0 rings (SSSR count). The van der Waals surface area contributed by atoms with Gasteiger partial charge in [0.05, 0.1) is 0 Å². The maximum absolute atomic E-state index is 11.9. The lowest BCUT2D eigenvalue weighted by Crippen LogP contribution is -2.43. The fourth-order valence-electron chi connectivity index (χ4n) is 1.57. The van der Waals surface area contributed by atoms with E-state index in [0.29, 0.717) is 0 Å². The molecule has 1 amide bonds. The minimum Gasteiger partial charge on any atom is -0.444 e. The Kier molecular flexibility index (Phi) is 8.81. The zero-order chi connectivity index (χ0) is 16.5. The van der Waals surface area contributed by atoms with Crippen molar-refractivity contribution in [3.63, 3.8) is 0 Å². The summed E-state index contributed by atoms with van der Waals surface area (Å²) in [5, 5.41) is 6.45. The molecule has 0 aromatic rings. The number of carbonyl (C=O) groups excluding carboxylic acids is 1. The highest BCUT2D eigenvalue weighted by Crippen LogP contribution is 2.11. The quantitative estimate of drug-likeness (QED) is 0.583. The smallest absolute Gasteiger partial charge is 0.410 e. The fourth-order valence-corrected chi connectivity index (χ4v) is 1.57. The van der Waals surface area contributed by atoms with Gasteiger partial charge in [-0.1, -0.05) is 6.92 Å². The number of guanidine groups is 1. The molecule has 6 heteroatoms. The predicted molar refractivity (Wildman–Crippen MR) is 87.7 cm³/mol. The molecule has 2 N–H and O–H groups in total. The Balaban J connectivity index is 4.13. The summed E-state index contributed by atoms with van der Waals surface area (Å²) in [5.74, 6) is 0.795. The highest BCUT2D eigenvalue weighted by molar-refractivity contribution is 5.79. The number of nitrogens with zero attached hydrogens (tertiary/aromatic N) is 2. The van der Waals surface area contributed by atoms with E-state index in [1.807, 2.05) is 27.7 Å². The van der Waals surface area contributed by atoms with Gasteiger partial charge in [0.2, 0.25) is 0 Å². The van der Waals surface area contributed by atoms with E-state index in [0.717, 1.165) is 31.9 Å². The van der Waals surface area contributed by atoms with Crippen LogP contribution >= 0.6 is 0 Å². The Morgan fingerprint density at radius 1 is 1.29 bits per heavy atom. The van der Waals surface area contributed by atoms with Gasteiger partial charge in [0.1, 0.15) is 5.60 Å². The SMILES string of the molecule is CCCNC(=NC)NCCC(C)N(C)C(=O)OC(C)(C)C. The van der Waals surface area contributed by atoms with Crippen molar-refractivity contribution in [1.82, 2.24) is 15.5 Å². The second kappa shape index (κ2) is 9.47. The van der Waals surface area contributed by atoms with Crippen LogP contribution in [0.25, 0.3) is 0 Å². The molecule has 0 radical (unpaired) electrons. The third-order valence-electron chi connectivity index (χ3n) is 2.96. The van der Waals surface area contributed by atoms with Gasteiger partial charge in [0.15, 0.2) is 5.96 Å². The van der Waals surface area contributed by atoms with E-state index < -0.39 is 5.60 Å². The van der Waals surface area contributed by atoms with Crippen LogP contribution in [0.4, 0.5) is 4.79 Å². The number of carbonyl (C=O) groups is 1. The molecule has 0 aliphatic rings. The average molecular weight is 300 g/mol. The van der Waals surface area contributed by atoms with Crippen molar-refractivity contribution in [2.75, 3.05) is 27.2 Å². The normalized spacial score (nSPS) is 13.6. The third-order valence-corrected chi connectivity index (χ3v) is 2.96. The van der Waals surface area contributed by atoms with E-state index in [4.69, 9.17) is 4.74 Å². The molecular formula is C15H32N4O2. The summed E-state index contributed by atoms with van der Waals surface area (Å²) in [4.78, 5) is 17.7. The monoisotopic (exact) mass is 300 g/mol. The van der Waals surface area contributed by atoms with E-state index in [9.17, 15) is 4.79 Å². The van der Waals surface area contributed by atoms with E-state index in [-0.39, 0.29) is 12.1 Å². The van der Waals surface area contributed by atoms with E-state index in [1.54, 1.807) is 19.0 Å². The molecular weight excluding hydrogens is 268 g/mol. The molecule has 0 saturated heterocycles. The average Bonchev–Trinajstić information content (AvgIpc) is 2.39. The highest BCUT2D eigenvalue weighted by atomic mass is 16.6. The van der Waals surface area contributed by atoms with Gasteiger partial charge >= 0.3 is 6.09 Å². The summed E-state index contributed by atoms with van der Waals surface area (Å²) in [6, 6.07) is 0.0941. The zero-order valence-corrected chi connectivity index (χ0v) is 14.6. The largest absolute Gasteiger partial charge is 0.444 e. The summed E-state index contributed by atoms with van der Waals surface area (Å²) in [6.45, 7) is 11.4. The summed E-state index contributed by atoms with van der Waals surface area (Å²) in [5.41, 5.74) is -0.463. The lowest BCUT2D eigenvalue weighted by molar-refractivity contribution is 0.0230. The topological polar surface area (TPSA) is 66.0 Å². The van der Waals surface area contributed by atoms with Gasteiger partial charge in [-0.15, -0.1) is 0 Å². The fraction of sp³-hybridized carbons (Fsp3) is 0.867. The van der Waals surface area contributed by atoms with Gasteiger partial charge in [-0.05, 0) is 40.5 Å². The maximum atomic E-state index is 11.9. The molecule has 0 aliphatic carbocycles. The van der Waals surface area contributed by atoms with Crippen LogP contribution in [0.5, 0.6) is 0 Å². The van der Waals surface area contributed by atoms with Crippen molar-refractivity contribution in [3.05, 3.63) is 0 Å². The summed E-state index contributed by atoms with van der Waals surface area (Å²) >= 11 is 0. The van der Waals surface area contributed by atoms with E-state index >= 15 is 0 Å². The number of ether oxygens (including phenoxy) is 1. The van der Waals surface area contributed by atoms with Crippen LogP contribution in [0.2, 0.25) is 0 Å². The molecule has 0 aromatic carbocycles. The van der Waals surface area contributed by atoms with Crippen LogP contribution in [0.15, 0.2) is 4.99 Å². The molecule has 0 heterocycles. The van der Waals surface area contributed by atoms with Crippen molar-refractivity contribution in [3.8, 4) is 0 Å². The van der Waals surface area contributed by atoms with Gasteiger partial charge < -0.3 is 20.3 Å². The molecule has 1 unspecified atom stereocenters. The standard InChI is InChI=1S/C15H32N4O2/c1-8-10-17-13(16-6)18-11-9-12(2)19(7)14(20)21-15(3,4)5/h12H,8-11H2,1-7H3,(H2,16,17,18). The highest BCUT2D eigenvalue weighted by Gasteiger charge is 2.22. The van der Waals surface area contributed by atoms with Crippen molar-refractivity contribution >= 4 is 12.1 Å². The molecule has 0 aromatic heterocycles. The molecule has 21 heavy (non-hydrogen) atoms. The first-order valence-electron chi connectivity index (χ1n) is 7.61. The van der Waals surface area contributed by atoms with Gasteiger partial charge in [-0.25, -0.2) is 4.79 Å². The van der Waals surface area contributed by atoms with Gasteiger partial charge in [0.25, 0.3) is 0 Å². The third kappa shape index (κ3) is 9.15. The van der Waals surface area contributed by atoms with Gasteiger partial charge in [-0.2, -0.15) is 0 Å². The summed E-state index contributed by atoms with van der Waals surface area (Å²) in [6.07, 6.45) is 1.59. The molecule has 0 aliphatic heterocycles. The second-order valence-corrected chi connectivity index (χ2v) is 6.15. The lowest BCUT2D eigenvalue weighted by Gasteiger charge is -2.28. The zero-order valence-electron chi connectivity index (χ0n) is 14.6. The Hall–Kier alpha value is -1.46. The van der Waals surface area contributed by atoms with Gasteiger partial charge in [0, 0.05) is 33.2 Å². The number of aliphatic imine (C=N–C) groups is 1. The van der Waals surface area contributed by atoms with Crippen molar-refractivity contribution in [2.24, 2.45) is 4.99 Å². The van der Waals surface area contributed by atoms with Crippen molar-refractivity contribution in [2.45, 2.75) is 59.1 Å². The lowest BCUT2D eigenvalue weighted by atomic mass is 10.2. The molecule has 1 atom stereocenters. The number of amides is 1. The molecule has 0 spiro atoms. The van der Waals surface area contributed by atoms with Crippen LogP contribution in [0.1, 0.15) is 47.5 Å². The van der Waals surface area contributed by atoms with Gasteiger partial charge in [-0.3, -0.25) is 4.99 Å². The van der Waals surface area contributed by atoms with E-state index in [2.05, 4.69) is 22.5 Å². The number of nitrogens with one attached hydrogen (secondary N) is 2. The van der Waals surface area contributed by atoms with Crippen LogP contribution in [0, 0.1) is 0 Å². The number of rotatable bonds is 6. The van der Waals surface area contributed by atoms with Crippen molar-refractivity contribution < 1.29 is 9.53 Å². The predicted octanol–water partition coefficient (Wildman–Crippen LogP) is 2.21.